The van der Waals surface area contributed by atoms with Gasteiger partial charge in [-0.2, -0.15) is 0 Å². The molecular weight excluding hydrogens is 372 g/mol. The van der Waals surface area contributed by atoms with Crippen molar-refractivity contribution in [3.63, 3.8) is 0 Å². The summed E-state index contributed by atoms with van der Waals surface area (Å²) in [5.41, 5.74) is 8.79. The Morgan fingerprint density at radius 1 is 0.613 bits per heavy atom. The zero-order valence-corrected chi connectivity index (χ0v) is 19.0. The second-order valence-corrected chi connectivity index (χ2v) is 11.1. The van der Waals surface area contributed by atoms with E-state index in [0.717, 1.165) is 17.8 Å². The van der Waals surface area contributed by atoms with Crippen molar-refractivity contribution in [2.75, 3.05) is 0 Å². The van der Waals surface area contributed by atoms with Gasteiger partial charge in [0.1, 0.15) is 0 Å². The first kappa shape index (κ1) is 19.4. The molecule has 4 aliphatic carbocycles. The largest absolute Gasteiger partial charge is 0.0610 e. The molecule has 4 bridgehead atoms. The van der Waals surface area contributed by atoms with Gasteiger partial charge in [0.05, 0.1) is 0 Å². The molecule has 0 heteroatoms. The van der Waals surface area contributed by atoms with E-state index < -0.39 is 0 Å². The minimum absolute atomic E-state index is 0.493. The zero-order valence-electron chi connectivity index (χ0n) is 19.0. The highest BCUT2D eigenvalue weighted by Gasteiger charge is 2.51. The molecule has 0 radical (unpaired) electrons. The van der Waals surface area contributed by atoms with Gasteiger partial charge in [-0.15, -0.1) is 0 Å². The summed E-state index contributed by atoms with van der Waals surface area (Å²) >= 11 is 0. The fourth-order valence-corrected chi connectivity index (χ4v) is 7.42. The smallest absolute Gasteiger partial charge is 0.00391 e. The SMILES string of the molecule is CC(C)c1ccc(-c2cccc(-c3ccc(C45CC6CC(CC(C6)C4)C5)cc3)c2)cc1. The van der Waals surface area contributed by atoms with E-state index in [0.29, 0.717) is 11.3 Å². The lowest BCUT2D eigenvalue weighted by molar-refractivity contribution is -0.00518. The van der Waals surface area contributed by atoms with Gasteiger partial charge in [-0.3, -0.25) is 0 Å². The van der Waals surface area contributed by atoms with Crippen LogP contribution in [0, 0.1) is 17.8 Å². The van der Waals surface area contributed by atoms with Crippen LogP contribution in [0.2, 0.25) is 0 Å². The highest BCUT2D eigenvalue weighted by molar-refractivity contribution is 5.73. The first-order valence-electron chi connectivity index (χ1n) is 12.4. The van der Waals surface area contributed by atoms with E-state index in [4.69, 9.17) is 0 Å². The summed E-state index contributed by atoms with van der Waals surface area (Å²) in [5.74, 6) is 3.59. The molecular formula is C31H34. The van der Waals surface area contributed by atoms with Crippen LogP contribution in [-0.4, -0.2) is 0 Å². The van der Waals surface area contributed by atoms with Gasteiger partial charge >= 0.3 is 0 Å². The Morgan fingerprint density at radius 3 is 1.58 bits per heavy atom. The first-order chi connectivity index (χ1) is 15.1. The Bertz CT molecular complexity index is 1030. The van der Waals surface area contributed by atoms with Gasteiger partial charge in [-0.25, -0.2) is 0 Å². The summed E-state index contributed by atoms with van der Waals surface area (Å²) in [7, 11) is 0. The maximum absolute atomic E-state index is 2.46. The van der Waals surface area contributed by atoms with Gasteiger partial charge in [-0.1, -0.05) is 80.6 Å². The Hall–Kier alpha value is -2.34. The van der Waals surface area contributed by atoms with E-state index in [2.05, 4.69) is 86.6 Å². The predicted octanol–water partition coefficient (Wildman–Crippen LogP) is 8.61. The van der Waals surface area contributed by atoms with E-state index in [1.54, 1.807) is 5.56 Å². The van der Waals surface area contributed by atoms with Gasteiger partial charge in [0, 0.05) is 0 Å². The average Bonchev–Trinajstić information content (AvgIpc) is 2.78. The summed E-state index contributed by atoms with van der Waals surface area (Å²) in [4.78, 5) is 0. The molecule has 0 saturated heterocycles. The van der Waals surface area contributed by atoms with Crippen LogP contribution < -0.4 is 0 Å². The van der Waals surface area contributed by atoms with Gasteiger partial charge < -0.3 is 0 Å². The van der Waals surface area contributed by atoms with Crippen molar-refractivity contribution in [2.45, 2.75) is 63.7 Å². The second-order valence-electron chi connectivity index (χ2n) is 11.1. The normalized spacial score (nSPS) is 28.9. The molecule has 3 aromatic carbocycles. The van der Waals surface area contributed by atoms with Crippen molar-refractivity contribution in [1.29, 1.82) is 0 Å². The monoisotopic (exact) mass is 406 g/mol. The Morgan fingerprint density at radius 2 is 1.10 bits per heavy atom. The van der Waals surface area contributed by atoms with Crippen LogP contribution in [0.4, 0.5) is 0 Å². The molecule has 3 aromatic rings. The number of hydrogen-bond acceptors (Lipinski definition) is 0. The Kier molecular flexibility index (Phi) is 4.60. The third-order valence-electron chi connectivity index (χ3n) is 8.64. The zero-order chi connectivity index (χ0) is 21.0. The standard InChI is InChI=1S/C31H34/c1-21(2)25-6-8-26(9-7-25)28-4-3-5-29(17-28)27-10-12-30(13-11-27)31-18-22-14-23(19-31)16-24(15-22)20-31/h3-13,17,21-24H,14-16,18-20H2,1-2H3. The first-order valence-corrected chi connectivity index (χ1v) is 12.4. The van der Waals surface area contributed by atoms with Crippen LogP contribution in [0.25, 0.3) is 22.3 Å². The number of rotatable bonds is 4. The lowest BCUT2D eigenvalue weighted by atomic mass is 9.48. The highest BCUT2D eigenvalue weighted by Crippen LogP contribution is 2.60. The van der Waals surface area contributed by atoms with Crippen molar-refractivity contribution >= 4 is 0 Å². The second kappa shape index (κ2) is 7.37. The van der Waals surface area contributed by atoms with E-state index in [9.17, 15) is 0 Å². The molecule has 4 saturated carbocycles. The topological polar surface area (TPSA) is 0 Å². The summed E-state index contributed by atoms with van der Waals surface area (Å²) in [6.07, 6.45) is 8.88. The predicted molar refractivity (Wildman–Crippen MR) is 131 cm³/mol. The van der Waals surface area contributed by atoms with Crippen molar-refractivity contribution in [1.82, 2.24) is 0 Å². The molecule has 4 fully saturated rings. The molecule has 0 amide bonds. The summed E-state index contributed by atoms with van der Waals surface area (Å²) in [6, 6.07) is 27.8. The van der Waals surface area contributed by atoms with Crippen LogP contribution in [0.3, 0.4) is 0 Å². The lowest BCUT2D eigenvalue weighted by Gasteiger charge is -2.57. The van der Waals surface area contributed by atoms with Crippen LogP contribution in [0.15, 0.2) is 72.8 Å². The van der Waals surface area contributed by atoms with E-state index >= 15 is 0 Å². The van der Waals surface area contributed by atoms with E-state index in [1.807, 2.05) is 0 Å². The molecule has 0 aliphatic heterocycles. The Labute approximate surface area is 187 Å². The van der Waals surface area contributed by atoms with Crippen molar-refractivity contribution in [3.8, 4) is 22.3 Å². The molecule has 0 unspecified atom stereocenters. The van der Waals surface area contributed by atoms with E-state index in [1.165, 1.54) is 66.3 Å². The third-order valence-corrected chi connectivity index (χ3v) is 8.64. The van der Waals surface area contributed by atoms with Crippen molar-refractivity contribution in [3.05, 3.63) is 83.9 Å². The maximum Gasteiger partial charge on any atom is -0.00391 e. The van der Waals surface area contributed by atoms with Crippen LogP contribution in [0.5, 0.6) is 0 Å². The molecule has 4 aliphatic rings. The fraction of sp³-hybridized carbons (Fsp3) is 0.419. The van der Waals surface area contributed by atoms with Gasteiger partial charge in [-0.05, 0) is 107 Å². The van der Waals surface area contributed by atoms with Crippen molar-refractivity contribution < 1.29 is 0 Å². The summed E-state index contributed by atoms with van der Waals surface area (Å²) < 4.78 is 0. The maximum atomic E-state index is 2.46. The van der Waals surface area contributed by atoms with Crippen LogP contribution in [-0.2, 0) is 5.41 Å². The number of hydrogen-bond donors (Lipinski definition) is 0. The average molecular weight is 407 g/mol. The van der Waals surface area contributed by atoms with Gasteiger partial charge in [0.25, 0.3) is 0 Å². The molecule has 0 nitrogen and oxygen atoms in total. The van der Waals surface area contributed by atoms with Crippen LogP contribution in [0.1, 0.15) is 69.4 Å². The minimum Gasteiger partial charge on any atom is -0.0610 e. The highest BCUT2D eigenvalue weighted by atomic mass is 14.6. The molecule has 158 valence electrons. The minimum atomic E-state index is 0.493. The fourth-order valence-electron chi connectivity index (χ4n) is 7.42. The summed E-state index contributed by atoms with van der Waals surface area (Å²) in [5, 5.41) is 0. The molecule has 31 heavy (non-hydrogen) atoms. The van der Waals surface area contributed by atoms with Crippen molar-refractivity contribution in [2.24, 2.45) is 17.8 Å². The lowest BCUT2D eigenvalue weighted by Crippen LogP contribution is -2.48. The van der Waals surface area contributed by atoms with E-state index in [-0.39, 0.29) is 0 Å². The quantitative estimate of drug-likeness (QED) is 0.407. The summed E-state index contributed by atoms with van der Waals surface area (Å²) in [6.45, 7) is 4.51. The molecule has 0 heterocycles. The molecule has 7 rings (SSSR count). The van der Waals surface area contributed by atoms with Crippen LogP contribution >= 0.6 is 0 Å². The molecule has 0 aromatic heterocycles. The molecule has 0 atom stereocenters. The van der Waals surface area contributed by atoms with Gasteiger partial charge in [0.2, 0.25) is 0 Å². The molecule has 0 spiro atoms. The molecule has 0 N–H and O–H groups in total. The Balaban J connectivity index is 1.27. The number of benzene rings is 3. The third kappa shape index (κ3) is 3.45. The van der Waals surface area contributed by atoms with Gasteiger partial charge in [0.15, 0.2) is 0 Å².